The van der Waals surface area contributed by atoms with E-state index in [1.165, 1.54) is 22.5 Å². The number of benzene rings is 1. The summed E-state index contributed by atoms with van der Waals surface area (Å²) in [4.78, 5) is 23.9. The number of carbonyl (C=O) groups is 1. The van der Waals surface area contributed by atoms with Gasteiger partial charge in [0.25, 0.3) is 0 Å². The zero-order valence-corrected chi connectivity index (χ0v) is 21.3. The number of likely N-dealkylation sites (tertiary alicyclic amines) is 1. The number of nitrogens with zero attached hydrogens (tertiary/aromatic N) is 3. The molecule has 182 valence electrons. The summed E-state index contributed by atoms with van der Waals surface area (Å²) in [6.45, 7) is 8.31. The number of ether oxygens (including phenoxy) is 1. The van der Waals surface area contributed by atoms with Crippen LogP contribution in [0, 0.1) is 26.7 Å². The number of carbonyl (C=O) groups excluding carboxylic acids is 1. The standard InChI is InChI=1S/C24H34BN5O3S/c1-15-10-21(33-4)17(3)16(2)19(15)12-28-24(26)30-8-5-6-18(13-30)11-20(29-14-25-32)22(31)23-27-7-9-34-23/h7,9-10,18,20,29H,5-6,8,11-14H2,1-4H3,(H2,26,28)/t18-,20?/m1/s1. The Bertz CT molecular complexity index is 1030. The Hall–Kier alpha value is -2.59. The van der Waals surface area contributed by atoms with Crippen LogP contribution in [0.5, 0.6) is 5.75 Å². The fourth-order valence-corrected chi connectivity index (χ4v) is 5.21. The third-order valence-electron chi connectivity index (χ3n) is 6.65. The maximum absolute atomic E-state index is 12.9. The number of methoxy groups -OCH3 is 1. The number of hydrogen-bond acceptors (Lipinski definition) is 7. The third kappa shape index (κ3) is 6.30. The van der Waals surface area contributed by atoms with Gasteiger partial charge in [-0.05, 0) is 32.4 Å². The van der Waals surface area contributed by atoms with Gasteiger partial charge in [-0.15, -0.1) is 0 Å². The van der Waals surface area contributed by atoms with E-state index in [4.69, 9.17) is 15.5 Å². The van der Waals surface area contributed by atoms with Crippen LogP contribution in [0.1, 0.15) is 51.3 Å². The predicted molar refractivity (Wildman–Crippen MR) is 136 cm³/mol. The van der Waals surface area contributed by atoms with Crippen molar-refractivity contribution in [1.82, 2.24) is 15.2 Å². The summed E-state index contributed by atoms with van der Waals surface area (Å²) in [6.07, 6.45) is 4.38. The van der Waals surface area contributed by atoms with Crippen molar-refractivity contribution >= 4 is 30.2 Å². The van der Waals surface area contributed by atoms with E-state index in [9.17, 15) is 9.50 Å². The van der Waals surface area contributed by atoms with Gasteiger partial charge in [-0.25, -0.2) is 0 Å². The quantitative estimate of drug-likeness (QED) is 0.231. The molecular weight excluding hydrogens is 449 g/mol. The number of nitrogens with two attached hydrogens (primary N) is 1. The van der Waals surface area contributed by atoms with Gasteiger partial charge in [-0.2, -0.15) is 0 Å². The summed E-state index contributed by atoms with van der Waals surface area (Å²) in [7, 11) is 2.47. The Morgan fingerprint density at radius 2 is 2.21 bits per heavy atom. The Morgan fingerprint density at radius 3 is 2.88 bits per heavy atom. The first-order valence-electron chi connectivity index (χ1n) is 11.6. The van der Waals surface area contributed by atoms with Crippen LogP contribution in [0.15, 0.2) is 22.6 Å². The van der Waals surface area contributed by atoms with Gasteiger partial charge in [0.1, 0.15) is 5.75 Å². The van der Waals surface area contributed by atoms with Gasteiger partial charge in [0.05, 0.1) is 7.11 Å². The van der Waals surface area contributed by atoms with Crippen LogP contribution >= 0.6 is 11.3 Å². The molecule has 0 aliphatic carbocycles. The van der Waals surface area contributed by atoms with Crippen LogP contribution in [0.2, 0.25) is 0 Å². The number of Topliss-reactive ketones (excluding diaryl/α,β-unsaturated/α-hetero) is 1. The number of rotatable bonds is 10. The summed E-state index contributed by atoms with van der Waals surface area (Å²) in [6, 6.07) is 1.61. The van der Waals surface area contributed by atoms with Gasteiger partial charge in [-0.3, -0.25) is 0 Å². The van der Waals surface area contributed by atoms with Crippen molar-refractivity contribution in [3.05, 3.63) is 44.9 Å². The van der Waals surface area contributed by atoms with Crippen molar-refractivity contribution in [2.75, 3.05) is 26.6 Å². The molecule has 8 nitrogen and oxygen atoms in total. The minimum atomic E-state index is -0.438. The number of guanidine groups is 1. The molecule has 1 aliphatic rings. The number of hydrogen-bond donors (Lipinski definition) is 2. The fourth-order valence-electron chi connectivity index (χ4n) is 4.58. The molecule has 1 aromatic heterocycles. The van der Waals surface area contributed by atoms with Gasteiger partial charge in [-0.1, -0.05) is 0 Å². The van der Waals surface area contributed by atoms with Gasteiger partial charge in [0.2, 0.25) is 0 Å². The van der Waals surface area contributed by atoms with E-state index < -0.39 is 6.04 Å². The van der Waals surface area contributed by atoms with Crippen LogP contribution in [0.4, 0.5) is 0 Å². The molecule has 0 amide bonds. The third-order valence-corrected chi connectivity index (χ3v) is 7.43. The summed E-state index contributed by atoms with van der Waals surface area (Å²) < 4.78 is 16.4. The molecule has 0 bridgehead atoms. The second kappa shape index (κ2) is 12.2. The fraction of sp³-hybridized carbons (Fsp3) is 0.542. The van der Waals surface area contributed by atoms with Crippen molar-refractivity contribution in [1.29, 1.82) is 0 Å². The Morgan fingerprint density at radius 1 is 1.41 bits per heavy atom. The van der Waals surface area contributed by atoms with Crippen LogP contribution in [0.3, 0.4) is 0 Å². The molecule has 3 N–H and O–H groups in total. The molecule has 3 rings (SSSR count). The Balaban J connectivity index is 1.67. The van der Waals surface area contributed by atoms with Crippen molar-refractivity contribution in [2.45, 2.75) is 52.6 Å². The Labute approximate surface area is 206 Å². The molecule has 1 aromatic carbocycles. The molecular formula is C24H34BN5O3S. The number of aliphatic imine (C=N–C) groups is 1. The molecule has 0 radical (unpaired) electrons. The number of nitrogens with one attached hydrogen (secondary N) is 1. The molecule has 1 aliphatic heterocycles. The average Bonchev–Trinajstić information content (AvgIpc) is 3.38. The van der Waals surface area contributed by atoms with Crippen LogP contribution in [-0.2, 0) is 11.2 Å². The van der Waals surface area contributed by atoms with Crippen molar-refractivity contribution in [3.8, 4) is 5.75 Å². The number of ketones is 1. The minimum absolute atomic E-state index is 0.0589. The normalized spacial score (nSPS) is 17.4. The van der Waals surface area contributed by atoms with E-state index in [1.807, 2.05) is 6.07 Å². The van der Waals surface area contributed by atoms with Gasteiger partial charge < -0.3 is 4.74 Å². The first-order valence-corrected chi connectivity index (χ1v) is 12.5. The van der Waals surface area contributed by atoms with Crippen molar-refractivity contribution < 1.29 is 14.2 Å². The molecule has 1 unspecified atom stereocenters. The number of aromatic nitrogens is 1. The number of piperidine rings is 1. The summed E-state index contributed by atoms with van der Waals surface area (Å²) in [5.74, 6) is 1.62. The average molecular weight is 483 g/mol. The van der Waals surface area contributed by atoms with E-state index in [0.717, 1.165) is 50.0 Å². The Kier molecular flexibility index (Phi) is 9.35. The monoisotopic (exact) mass is 483 g/mol. The maximum atomic E-state index is 12.9. The van der Waals surface area contributed by atoms with Crippen LogP contribution < -0.4 is 15.8 Å². The van der Waals surface area contributed by atoms with Gasteiger partial charge >= 0.3 is 156 Å². The molecule has 1 fully saturated rings. The van der Waals surface area contributed by atoms with Gasteiger partial charge in [0, 0.05) is 0 Å². The zero-order chi connectivity index (χ0) is 24.7. The molecule has 1 saturated heterocycles. The van der Waals surface area contributed by atoms with Crippen molar-refractivity contribution in [2.24, 2.45) is 16.6 Å². The van der Waals surface area contributed by atoms with E-state index >= 15 is 0 Å². The second-order valence-corrected chi connectivity index (χ2v) is 9.71. The molecule has 2 atom stereocenters. The summed E-state index contributed by atoms with van der Waals surface area (Å²) in [5, 5.41) is 5.34. The molecule has 0 spiro atoms. The molecule has 0 saturated carbocycles. The minimum Gasteiger partial charge on any atom is -0.0390 e. The number of thiazole rings is 1. The van der Waals surface area contributed by atoms with E-state index in [-0.39, 0.29) is 18.1 Å². The zero-order valence-electron chi connectivity index (χ0n) is 20.5. The number of aryl methyl sites for hydroxylation is 1. The second-order valence-electron chi connectivity index (χ2n) is 8.82. The molecule has 10 heteroatoms. The van der Waals surface area contributed by atoms with Crippen LogP contribution in [-0.4, -0.2) is 61.5 Å². The van der Waals surface area contributed by atoms with E-state index in [2.05, 4.69) is 36.0 Å². The first kappa shape index (κ1) is 26.0. The van der Waals surface area contributed by atoms with E-state index in [1.54, 1.807) is 18.7 Å². The van der Waals surface area contributed by atoms with E-state index in [0.29, 0.717) is 23.9 Å². The molecule has 2 heterocycles. The summed E-state index contributed by atoms with van der Waals surface area (Å²) >= 11 is 1.32. The van der Waals surface area contributed by atoms with Gasteiger partial charge in [0.15, 0.2) is 0 Å². The SMILES string of the molecule is COc1cc(C)c(CN=C(N)N2CCC[C@H](CC(NCB=O)C(=O)c3nccs3)C2)c(C)c1C. The summed E-state index contributed by atoms with van der Waals surface area (Å²) in [5.41, 5.74) is 11.0. The van der Waals surface area contributed by atoms with Crippen LogP contribution in [0.25, 0.3) is 0 Å². The molecule has 2 aromatic rings. The first-order chi connectivity index (χ1) is 16.3. The van der Waals surface area contributed by atoms with Crippen molar-refractivity contribution in [3.63, 3.8) is 0 Å². The smallest absolute Gasteiger partial charge is 0.0390 e. The molecule has 34 heavy (non-hydrogen) atoms. The topological polar surface area (TPSA) is 110 Å². The predicted octanol–water partition coefficient (Wildman–Crippen LogP) is 2.84.